The lowest BCUT2D eigenvalue weighted by atomic mass is 10.0. The van der Waals surface area contributed by atoms with E-state index in [9.17, 15) is 9.18 Å². The number of primary amides is 1. The summed E-state index contributed by atoms with van der Waals surface area (Å²) in [5.74, 6) is 1.02. The summed E-state index contributed by atoms with van der Waals surface area (Å²) in [6.45, 7) is 4.06. The third kappa shape index (κ3) is 6.32. The van der Waals surface area contributed by atoms with Gasteiger partial charge in [-0.05, 0) is 72.6 Å². The van der Waals surface area contributed by atoms with Crippen LogP contribution >= 0.6 is 0 Å². The van der Waals surface area contributed by atoms with Gasteiger partial charge >= 0.3 is 6.03 Å². The van der Waals surface area contributed by atoms with Gasteiger partial charge in [-0.3, -0.25) is 4.90 Å². The number of amides is 2. The van der Waals surface area contributed by atoms with Crippen molar-refractivity contribution in [2.45, 2.75) is 26.6 Å². The molecule has 3 aromatic rings. The van der Waals surface area contributed by atoms with Crippen molar-refractivity contribution in [2.24, 2.45) is 5.73 Å². The molecule has 0 aliphatic carbocycles. The van der Waals surface area contributed by atoms with E-state index in [2.05, 4.69) is 36.3 Å². The highest BCUT2D eigenvalue weighted by Crippen LogP contribution is 2.22. The first kappa shape index (κ1) is 21.3. The molecule has 3 aromatic carbocycles. The minimum absolute atomic E-state index is 0.286. The second kappa shape index (κ2) is 9.89. The van der Waals surface area contributed by atoms with Crippen molar-refractivity contribution in [1.82, 2.24) is 10.2 Å². The van der Waals surface area contributed by atoms with Crippen LogP contribution in [0.1, 0.15) is 22.3 Å². The number of halogens is 1. The zero-order valence-electron chi connectivity index (χ0n) is 17.2. The molecule has 0 atom stereocenters. The van der Waals surface area contributed by atoms with Crippen molar-refractivity contribution < 1.29 is 13.9 Å². The molecule has 5 nitrogen and oxygen atoms in total. The molecule has 0 aliphatic heterocycles. The van der Waals surface area contributed by atoms with Gasteiger partial charge in [-0.25, -0.2) is 9.18 Å². The molecule has 0 fully saturated rings. The second-order valence-corrected chi connectivity index (χ2v) is 7.35. The molecule has 156 valence electrons. The highest BCUT2D eigenvalue weighted by Gasteiger charge is 2.07. The average Bonchev–Trinajstić information content (AvgIpc) is 2.71. The molecular weight excluding hydrogens is 381 g/mol. The zero-order chi connectivity index (χ0) is 21.5. The van der Waals surface area contributed by atoms with Gasteiger partial charge in [-0.15, -0.1) is 0 Å². The summed E-state index contributed by atoms with van der Waals surface area (Å²) in [6.07, 6.45) is 0. The van der Waals surface area contributed by atoms with E-state index in [1.807, 2.05) is 30.3 Å². The van der Waals surface area contributed by atoms with Crippen LogP contribution in [0.5, 0.6) is 11.5 Å². The van der Waals surface area contributed by atoms with Crippen LogP contribution in [0.25, 0.3) is 0 Å². The molecule has 3 rings (SSSR count). The molecular formula is C24H26FN3O2. The third-order valence-electron chi connectivity index (χ3n) is 4.75. The van der Waals surface area contributed by atoms with Crippen LogP contribution in [0, 0.1) is 12.7 Å². The molecule has 0 aliphatic rings. The number of carbonyl (C=O) groups excluding carboxylic acids is 1. The number of ether oxygens (including phenoxy) is 1. The lowest BCUT2D eigenvalue weighted by molar-refractivity contribution is 0.248. The Bertz CT molecular complexity index is 988. The molecule has 2 amide bonds. The number of nitrogens with two attached hydrogens (primary N) is 1. The van der Waals surface area contributed by atoms with Gasteiger partial charge in [0.15, 0.2) is 0 Å². The maximum Gasteiger partial charge on any atom is 0.312 e. The number of nitrogens with one attached hydrogen (secondary N) is 1. The van der Waals surface area contributed by atoms with E-state index in [0.717, 1.165) is 24.2 Å². The van der Waals surface area contributed by atoms with Crippen molar-refractivity contribution in [3.8, 4) is 11.5 Å². The number of nitrogens with zero attached hydrogens (tertiary/aromatic N) is 1. The first-order valence-electron chi connectivity index (χ1n) is 9.71. The Hall–Kier alpha value is -3.38. The van der Waals surface area contributed by atoms with Crippen LogP contribution in [-0.4, -0.2) is 18.0 Å². The van der Waals surface area contributed by atoms with Crippen LogP contribution in [0.4, 0.5) is 9.18 Å². The fourth-order valence-electron chi connectivity index (χ4n) is 3.15. The van der Waals surface area contributed by atoms with Crippen molar-refractivity contribution in [3.05, 3.63) is 94.8 Å². The number of rotatable bonds is 8. The van der Waals surface area contributed by atoms with Gasteiger partial charge in [0.05, 0.1) is 0 Å². The standard InChI is InChI=1S/C24H26FN3O2/c1-17-3-4-19(14-27-24(26)29)13-20(17)16-28(2)15-18-5-9-22(10-6-18)30-23-11-7-21(25)8-12-23/h3-13H,14-16H2,1-2H3,(H3,26,27,29). The number of urea groups is 1. The summed E-state index contributed by atoms with van der Waals surface area (Å²) in [7, 11) is 2.07. The zero-order valence-corrected chi connectivity index (χ0v) is 17.2. The van der Waals surface area contributed by atoms with Crippen LogP contribution in [-0.2, 0) is 19.6 Å². The van der Waals surface area contributed by atoms with Gasteiger partial charge in [-0.1, -0.05) is 30.3 Å². The van der Waals surface area contributed by atoms with Crippen molar-refractivity contribution in [2.75, 3.05) is 7.05 Å². The summed E-state index contributed by atoms with van der Waals surface area (Å²) in [5, 5.41) is 2.62. The molecule has 30 heavy (non-hydrogen) atoms. The highest BCUT2D eigenvalue weighted by molar-refractivity contribution is 5.71. The lowest BCUT2D eigenvalue weighted by Crippen LogP contribution is -2.28. The van der Waals surface area contributed by atoms with E-state index in [1.54, 1.807) is 12.1 Å². The highest BCUT2D eigenvalue weighted by atomic mass is 19.1. The number of hydrogen-bond acceptors (Lipinski definition) is 3. The largest absolute Gasteiger partial charge is 0.457 e. The van der Waals surface area contributed by atoms with Gasteiger partial charge in [0.25, 0.3) is 0 Å². The summed E-state index contributed by atoms with van der Waals surface area (Å²) in [4.78, 5) is 13.1. The fourth-order valence-corrected chi connectivity index (χ4v) is 3.15. The number of benzene rings is 3. The summed E-state index contributed by atoms with van der Waals surface area (Å²) >= 11 is 0. The van der Waals surface area contributed by atoms with Crippen LogP contribution in [0.2, 0.25) is 0 Å². The minimum Gasteiger partial charge on any atom is -0.457 e. The average molecular weight is 407 g/mol. The summed E-state index contributed by atoms with van der Waals surface area (Å²) < 4.78 is 18.7. The number of aryl methyl sites for hydroxylation is 1. The van der Waals surface area contributed by atoms with Gasteiger partial charge in [0.1, 0.15) is 17.3 Å². The van der Waals surface area contributed by atoms with E-state index in [0.29, 0.717) is 18.0 Å². The maximum atomic E-state index is 13.0. The van der Waals surface area contributed by atoms with Gasteiger partial charge in [0, 0.05) is 19.6 Å². The monoisotopic (exact) mass is 407 g/mol. The molecule has 3 N–H and O–H groups in total. The van der Waals surface area contributed by atoms with Crippen molar-refractivity contribution in [1.29, 1.82) is 0 Å². The van der Waals surface area contributed by atoms with E-state index >= 15 is 0 Å². The molecule has 0 saturated carbocycles. The Labute approximate surface area is 176 Å². The SMILES string of the molecule is Cc1ccc(CNC(N)=O)cc1CN(C)Cc1ccc(Oc2ccc(F)cc2)cc1. The lowest BCUT2D eigenvalue weighted by Gasteiger charge is -2.19. The Morgan fingerprint density at radius 3 is 2.20 bits per heavy atom. The first-order valence-corrected chi connectivity index (χ1v) is 9.71. The molecule has 0 radical (unpaired) electrons. The van der Waals surface area contributed by atoms with Gasteiger partial charge in [-0.2, -0.15) is 0 Å². The molecule has 0 unspecified atom stereocenters. The van der Waals surface area contributed by atoms with Gasteiger partial charge in [0.2, 0.25) is 0 Å². The quantitative estimate of drug-likeness (QED) is 0.567. The van der Waals surface area contributed by atoms with Crippen molar-refractivity contribution >= 4 is 6.03 Å². The maximum absolute atomic E-state index is 13.0. The van der Waals surface area contributed by atoms with E-state index < -0.39 is 6.03 Å². The smallest absolute Gasteiger partial charge is 0.312 e. The molecule has 0 aromatic heterocycles. The Morgan fingerprint density at radius 1 is 0.967 bits per heavy atom. The minimum atomic E-state index is -0.527. The summed E-state index contributed by atoms with van der Waals surface area (Å²) in [5.41, 5.74) is 9.74. The Morgan fingerprint density at radius 2 is 1.57 bits per heavy atom. The molecule has 0 saturated heterocycles. The van der Waals surface area contributed by atoms with Crippen LogP contribution < -0.4 is 15.8 Å². The Kier molecular flexibility index (Phi) is 7.03. The summed E-state index contributed by atoms with van der Waals surface area (Å²) in [6, 6.07) is 19.4. The predicted molar refractivity (Wildman–Crippen MR) is 116 cm³/mol. The fraction of sp³-hybridized carbons (Fsp3) is 0.208. The number of carbonyl (C=O) groups is 1. The number of hydrogen-bond donors (Lipinski definition) is 2. The first-order chi connectivity index (χ1) is 14.4. The predicted octanol–water partition coefficient (Wildman–Crippen LogP) is 4.73. The Balaban J connectivity index is 1.58. The molecule has 6 heteroatoms. The molecule has 0 spiro atoms. The van der Waals surface area contributed by atoms with E-state index in [-0.39, 0.29) is 5.82 Å². The molecule has 0 heterocycles. The van der Waals surface area contributed by atoms with E-state index in [4.69, 9.17) is 10.5 Å². The van der Waals surface area contributed by atoms with E-state index in [1.165, 1.54) is 23.3 Å². The second-order valence-electron chi connectivity index (χ2n) is 7.35. The normalized spacial score (nSPS) is 10.8. The van der Waals surface area contributed by atoms with Gasteiger partial charge < -0.3 is 15.8 Å². The van der Waals surface area contributed by atoms with Crippen molar-refractivity contribution in [3.63, 3.8) is 0 Å². The van der Waals surface area contributed by atoms with Crippen LogP contribution in [0.15, 0.2) is 66.7 Å². The topological polar surface area (TPSA) is 67.6 Å². The third-order valence-corrected chi connectivity index (χ3v) is 4.75. The van der Waals surface area contributed by atoms with Crippen LogP contribution in [0.3, 0.4) is 0 Å². The molecule has 0 bridgehead atoms.